The van der Waals surface area contributed by atoms with Gasteiger partial charge in [0.2, 0.25) is 5.78 Å². The quantitative estimate of drug-likeness (QED) is 0.330. The molecule has 0 saturated heterocycles. The fourth-order valence-corrected chi connectivity index (χ4v) is 6.23. The number of nitrogens with two attached hydrogens (primary N) is 1. The number of pyridine rings is 1. The maximum absolute atomic E-state index is 12.9. The number of hydrogen-bond acceptors (Lipinski definition) is 7. The van der Waals surface area contributed by atoms with E-state index in [4.69, 9.17) is 10.7 Å². The number of nitrogens with zero attached hydrogens (tertiary/aromatic N) is 1. The van der Waals surface area contributed by atoms with Crippen LogP contribution in [0, 0.1) is 0 Å². The van der Waals surface area contributed by atoms with Crippen LogP contribution in [0.25, 0.3) is 31.2 Å². The number of ketones is 1. The van der Waals surface area contributed by atoms with Crippen molar-refractivity contribution in [1.82, 2.24) is 4.98 Å². The van der Waals surface area contributed by atoms with Gasteiger partial charge >= 0.3 is 0 Å². The number of nitrogen functional groups attached to an aromatic ring is 1. The Hall–Kier alpha value is -2.32. The highest BCUT2D eigenvalue weighted by atomic mass is 32.1. The molecule has 0 unspecified atom stereocenters. The summed E-state index contributed by atoms with van der Waals surface area (Å²) in [6.45, 7) is 0. The predicted octanol–water partition coefficient (Wildman–Crippen LogP) is 6.63. The predicted molar refractivity (Wildman–Crippen MR) is 118 cm³/mol. The summed E-state index contributed by atoms with van der Waals surface area (Å²) >= 11 is 6.13. The SMILES string of the molecule is Nc1c(C(=O)c2cccs2)sc2nc(-c3cccs3)cc(-c3cccs3)c12. The molecule has 27 heavy (non-hydrogen) atoms. The minimum atomic E-state index is -0.0275. The van der Waals surface area contributed by atoms with E-state index in [1.807, 2.05) is 40.4 Å². The molecule has 2 N–H and O–H groups in total. The van der Waals surface area contributed by atoms with Gasteiger partial charge in [-0.05, 0) is 40.4 Å². The first-order chi connectivity index (χ1) is 13.2. The summed E-state index contributed by atoms with van der Waals surface area (Å²) in [6.07, 6.45) is 0. The molecule has 0 atom stereocenters. The zero-order valence-corrected chi connectivity index (χ0v) is 17.1. The molecular formula is C20H12N2OS4. The molecule has 0 spiro atoms. The average molecular weight is 425 g/mol. The highest BCUT2D eigenvalue weighted by molar-refractivity contribution is 7.22. The number of carbonyl (C=O) groups excluding carboxylic acids is 1. The summed E-state index contributed by atoms with van der Waals surface area (Å²) < 4.78 is 0. The average Bonchev–Trinajstić information content (AvgIpc) is 3.48. The lowest BCUT2D eigenvalue weighted by Gasteiger charge is -2.05. The number of rotatable bonds is 4. The van der Waals surface area contributed by atoms with Gasteiger partial charge in [-0.1, -0.05) is 18.2 Å². The van der Waals surface area contributed by atoms with Crippen LogP contribution < -0.4 is 5.73 Å². The largest absolute Gasteiger partial charge is 0.397 e. The van der Waals surface area contributed by atoms with Crippen LogP contribution in [0.5, 0.6) is 0 Å². The summed E-state index contributed by atoms with van der Waals surface area (Å²) in [5, 5.41) is 6.87. The second kappa shape index (κ2) is 6.69. The Labute approximate surface area is 171 Å². The monoisotopic (exact) mass is 424 g/mol. The van der Waals surface area contributed by atoms with E-state index in [0.717, 1.165) is 31.2 Å². The Bertz CT molecular complexity index is 1230. The van der Waals surface area contributed by atoms with E-state index >= 15 is 0 Å². The van der Waals surface area contributed by atoms with Gasteiger partial charge in [0, 0.05) is 15.8 Å². The summed E-state index contributed by atoms with van der Waals surface area (Å²) in [6, 6.07) is 14.0. The first kappa shape index (κ1) is 16.8. The van der Waals surface area contributed by atoms with Gasteiger partial charge in [-0.15, -0.1) is 45.3 Å². The molecule has 0 fully saturated rings. The molecule has 0 aliphatic heterocycles. The molecule has 5 heterocycles. The Morgan fingerprint density at radius 3 is 2.30 bits per heavy atom. The topological polar surface area (TPSA) is 56.0 Å². The molecule has 0 aliphatic carbocycles. The van der Waals surface area contributed by atoms with Crippen LogP contribution >= 0.6 is 45.3 Å². The van der Waals surface area contributed by atoms with Gasteiger partial charge in [0.05, 0.1) is 21.1 Å². The van der Waals surface area contributed by atoms with Gasteiger partial charge in [-0.2, -0.15) is 0 Å². The number of anilines is 1. The lowest BCUT2D eigenvalue weighted by Crippen LogP contribution is -1.99. The molecule has 0 amide bonds. The van der Waals surface area contributed by atoms with Crippen LogP contribution in [0.2, 0.25) is 0 Å². The first-order valence-corrected chi connectivity index (χ1v) is 11.6. The van der Waals surface area contributed by atoms with E-state index in [9.17, 15) is 4.79 Å². The third-order valence-electron chi connectivity index (χ3n) is 4.21. The van der Waals surface area contributed by atoms with Gasteiger partial charge < -0.3 is 5.73 Å². The van der Waals surface area contributed by atoms with Crippen molar-refractivity contribution in [2.75, 3.05) is 5.73 Å². The minimum absolute atomic E-state index is 0.0275. The molecular weight excluding hydrogens is 413 g/mol. The van der Waals surface area contributed by atoms with E-state index in [0.29, 0.717) is 15.4 Å². The molecule has 5 aromatic heterocycles. The number of hydrogen-bond donors (Lipinski definition) is 1. The molecule has 0 aliphatic rings. The van der Waals surface area contributed by atoms with Crippen LogP contribution in [-0.2, 0) is 0 Å². The van der Waals surface area contributed by atoms with Gasteiger partial charge in [-0.3, -0.25) is 4.79 Å². The van der Waals surface area contributed by atoms with Crippen molar-refractivity contribution in [3.05, 3.63) is 68.4 Å². The van der Waals surface area contributed by atoms with Crippen LogP contribution in [0.3, 0.4) is 0 Å². The van der Waals surface area contributed by atoms with E-state index in [-0.39, 0.29) is 5.78 Å². The Balaban J connectivity index is 1.79. The molecule has 132 valence electrons. The number of aromatic nitrogens is 1. The van der Waals surface area contributed by atoms with Gasteiger partial charge in [-0.25, -0.2) is 4.98 Å². The summed E-state index contributed by atoms with van der Waals surface area (Å²) in [5.41, 5.74) is 8.97. The molecule has 0 radical (unpaired) electrons. The van der Waals surface area contributed by atoms with E-state index in [2.05, 4.69) is 18.2 Å². The highest BCUT2D eigenvalue weighted by Gasteiger charge is 2.23. The van der Waals surface area contributed by atoms with Crippen molar-refractivity contribution in [3.63, 3.8) is 0 Å². The third kappa shape index (κ3) is 2.83. The Morgan fingerprint density at radius 1 is 0.926 bits per heavy atom. The summed E-state index contributed by atoms with van der Waals surface area (Å²) in [7, 11) is 0. The molecule has 5 aromatic rings. The lowest BCUT2D eigenvalue weighted by atomic mass is 10.1. The smallest absolute Gasteiger partial charge is 0.215 e. The summed E-state index contributed by atoms with van der Waals surface area (Å²) in [4.78, 5) is 22.1. The standard InChI is InChI=1S/C20H12N2OS4/c21-17-16-11(13-4-1-7-24-13)10-12(14-5-2-8-25-14)22-20(16)27-19(17)18(23)15-6-3-9-26-15/h1-10H,21H2. The molecule has 0 saturated carbocycles. The van der Waals surface area contributed by atoms with Crippen molar-refractivity contribution in [2.45, 2.75) is 0 Å². The van der Waals surface area contributed by atoms with Crippen molar-refractivity contribution in [1.29, 1.82) is 0 Å². The third-order valence-corrected chi connectivity index (χ3v) is 7.97. The molecule has 5 rings (SSSR count). The Kier molecular flexibility index (Phi) is 4.17. The molecule has 7 heteroatoms. The maximum Gasteiger partial charge on any atom is 0.215 e. The van der Waals surface area contributed by atoms with Gasteiger partial charge in [0.15, 0.2) is 0 Å². The normalized spacial score (nSPS) is 11.3. The lowest BCUT2D eigenvalue weighted by molar-refractivity contribution is 0.104. The number of fused-ring (bicyclic) bond motifs is 1. The molecule has 0 bridgehead atoms. The van der Waals surface area contributed by atoms with Crippen molar-refractivity contribution >= 4 is 67.0 Å². The van der Waals surface area contributed by atoms with Crippen molar-refractivity contribution < 1.29 is 4.79 Å². The van der Waals surface area contributed by atoms with E-state index < -0.39 is 0 Å². The highest BCUT2D eigenvalue weighted by Crippen LogP contribution is 2.43. The number of thiophene rings is 4. The zero-order valence-electron chi connectivity index (χ0n) is 13.8. The van der Waals surface area contributed by atoms with Crippen molar-refractivity contribution in [3.8, 4) is 21.0 Å². The minimum Gasteiger partial charge on any atom is -0.397 e. The molecule has 3 nitrogen and oxygen atoms in total. The van der Waals surface area contributed by atoms with E-state index in [1.165, 1.54) is 22.7 Å². The van der Waals surface area contributed by atoms with Crippen LogP contribution in [-0.4, -0.2) is 10.8 Å². The van der Waals surface area contributed by atoms with Gasteiger partial charge in [0.25, 0.3) is 0 Å². The van der Waals surface area contributed by atoms with Crippen LogP contribution in [0.4, 0.5) is 5.69 Å². The first-order valence-electron chi connectivity index (χ1n) is 8.11. The fourth-order valence-electron chi connectivity index (χ4n) is 2.99. The van der Waals surface area contributed by atoms with E-state index in [1.54, 1.807) is 22.7 Å². The number of carbonyl (C=O) groups is 1. The summed E-state index contributed by atoms with van der Waals surface area (Å²) in [5.74, 6) is -0.0275. The van der Waals surface area contributed by atoms with Gasteiger partial charge in [0.1, 0.15) is 9.71 Å². The van der Waals surface area contributed by atoms with Crippen molar-refractivity contribution in [2.24, 2.45) is 0 Å². The second-order valence-electron chi connectivity index (χ2n) is 5.84. The fraction of sp³-hybridized carbons (Fsp3) is 0. The maximum atomic E-state index is 12.9. The Morgan fingerprint density at radius 2 is 1.63 bits per heavy atom. The van der Waals surface area contributed by atoms with Crippen LogP contribution in [0.15, 0.2) is 58.6 Å². The second-order valence-corrected chi connectivity index (χ2v) is 9.68. The zero-order chi connectivity index (χ0) is 18.4. The van der Waals surface area contributed by atoms with Crippen LogP contribution in [0.1, 0.15) is 14.5 Å². The molecule has 0 aromatic carbocycles.